The Morgan fingerprint density at radius 2 is 2.00 bits per heavy atom. The van der Waals surface area contributed by atoms with Crippen LogP contribution in [0.4, 0.5) is 4.79 Å². The van der Waals surface area contributed by atoms with Gasteiger partial charge in [-0.3, -0.25) is 19.7 Å². The molecule has 0 atom stereocenters. The second-order valence-corrected chi connectivity index (χ2v) is 8.63. The van der Waals surface area contributed by atoms with Crippen molar-refractivity contribution in [2.45, 2.75) is 57.8 Å². The molecular formula is C21H24ClNO4S. The number of imide groups is 1. The predicted octanol–water partition coefficient (Wildman–Crippen LogP) is 5.71. The Balaban J connectivity index is 1.51. The molecule has 0 bridgehead atoms. The third-order valence-electron chi connectivity index (χ3n) is 5.11. The highest BCUT2D eigenvalue weighted by atomic mass is 35.5. The standard InChI is InChI=1S/C21H24ClNO4S/c22-19-15(13-17-20(25)23-21(26)28-17)10-6-11-16(19)27-18(24)12-5-4-9-14-7-2-1-3-8-14/h6,10-11,13-14H,1-5,7-9,12H2,(H,23,25,26)/b17-13-. The Morgan fingerprint density at radius 3 is 2.71 bits per heavy atom. The van der Waals surface area contributed by atoms with Crippen LogP contribution < -0.4 is 10.1 Å². The van der Waals surface area contributed by atoms with E-state index in [4.69, 9.17) is 16.3 Å². The molecule has 2 fully saturated rings. The zero-order chi connectivity index (χ0) is 19.9. The van der Waals surface area contributed by atoms with Gasteiger partial charge in [-0.2, -0.15) is 0 Å². The monoisotopic (exact) mass is 421 g/mol. The number of benzene rings is 1. The van der Waals surface area contributed by atoms with Crippen molar-refractivity contribution in [2.75, 3.05) is 0 Å². The SMILES string of the molecule is O=C(CCCCC1CCCCC1)Oc1cccc(/C=C2\SC(=O)NC2=O)c1Cl. The maximum atomic E-state index is 12.2. The van der Waals surface area contributed by atoms with E-state index in [9.17, 15) is 14.4 Å². The molecular weight excluding hydrogens is 398 g/mol. The number of nitrogens with one attached hydrogen (secondary N) is 1. The van der Waals surface area contributed by atoms with E-state index in [0.29, 0.717) is 12.0 Å². The first-order chi connectivity index (χ1) is 13.5. The van der Waals surface area contributed by atoms with Gasteiger partial charge in [-0.1, -0.05) is 68.7 Å². The number of hydrogen-bond acceptors (Lipinski definition) is 5. The van der Waals surface area contributed by atoms with Gasteiger partial charge < -0.3 is 4.74 Å². The normalized spacial score (nSPS) is 19.1. The Hall–Kier alpha value is -1.79. The first kappa shape index (κ1) is 20.9. The Morgan fingerprint density at radius 1 is 1.21 bits per heavy atom. The van der Waals surface area contributed by atoms with E-state index in [2.05, 4.69) is 5.32 Å². The van der Waals surface area contributed by atoms with Crippen molar-refractivity contribution < 1.29 is 19.1 Å². The highest BCUT2D eigenvalue weighted by molar-refractivity contribution is 8.18. The summed E-state index contributed by atoms with van der Waals surface area (Å²) in [5, 5.41) is 2.03. The van der Waals surface area contributed by atoms with Crippen molar-refractivity contribution in [1.29, 1.82) is 0 Å². The van der Waals surface area contributed by atoms with Gasteiger partial charge in [0.1, 0.15) is 5.75 Å². The number of unbranched alkanes of at least 4 members (excludes halogenated alkanes) is 1. The number of thioether (sulfide) groups is 1. The van der Waals surface area contributed by atoms with Gasteiger partial charge in [0.2, 0.25) is 0 Å². The number of esters is 1. The lowest BCUT2D eigenvalue weighted by Gasteiger charge is -2.21. The van der Waals surface area contributed by atoms with Gasteiger partial charge in [0.15, 0.2) is 0 Å². The van der Waals surface area contributed by atoms with Crippen LogP contribution in [0.3, 0.4) is 0 Å². The summed E-state index contributed by atoms with van der Waals surface area (Å²) in [5.74, 6) is 0.328. The van der Waals surface area contributed by atoms with Crippen molar-refractivity contribution in [1.82, 2.24) is 5.32 Å². The van der Waals surface area contributed by atoms with E-state index < -0.39 is 11.1 Å². The predicted molar refractivity (Wildman–Crippen MR) is 111 cm³/mol. The van der Waals surface area contributed by atoms with Crippen molar-refractivity contribution in [3.63, 3.8) is 0 Å². The Labute approximate surface area is 174 Å². The van der Waals surface area contributed by atoms with Gasteiger partial charge in [0.05, 0.1) is 9.93 Å². The molecule has 1 aliphatic carbocycles. The van der Waals surface area contributed by atoms with Crippen LogP contribution in [-0.4, -0.2) is 17.1 Å². The highest BCUT2D eigenvalue weighted by Gasteiger charge is 2.25. The number of carbonyl (C=O) groups is 3. The van der Waals surface area contributed by atoms with Gasteiger partial charge in [0, 0.05) is 6.42 Å². The maximum absolute atomic E-state index is 12.2. The molecule has 1 N–H and O–H groups in total. The molecule has 1 saturated heterocycles. The van der Waals surface area contributed by atoms with E-state index in [1.54, 1.807) is 18.2 Å². The number of rotatable bonds is 7. The molecule has 1 aliphatic heterocycles. The minimum atomic E-state index is -0.452. The molecule has 2 aliphatic rings. The van der Waals surface area contributed by atoms with Crippen LogP contribution >= 0.6 is 23.4 Å². The van der Waals surface area contributed by atoms with Gasteiger partial charge in [0.25, 0.3) is 11.1 Å². The lowest BCUT2D eigenvalue weighted by molar-refractivity contribution is -0.134. The van der Waals surface area contributed by atoms with Crippen LogP contribution in [0.25, 0.3) is 6.08 Å². The van der Waals surface area contributed by atoms with Crippen LogP contribution in [0.5, 0.6) is 5.75 Å². The zero-order valence-electron chi connectivity index (χ0n) is 15.7. The summed E-state index contributed by atoms with van der Waals surface area (Å²) in [5.41, 5.74) is 0.525. The van der Waals surface area contributed by atoms with E-state index in [-0.39, 0.29) is 21.6 Å². The Kier molecular flexibility index (Phi) is 7.57. The van der Waals surface area contributed by atoms with Gasteiger partial charge in [-0.25, -0.2) is 0 Å². The number of ether oxygens (including phenoxy) is 1. The van der Waals surface area contributed by atoms with Gasteiger partial charge >= 0.3 is 5.97 Å². The Bertz CT molecular complexity index is 787. The molecule has 1 heterocycles. The van der Waals surface area contributed by atoms with E-state index in [0.717, 1.165) is 30.5 Å². The lowest BCUT2D eigenvalue weighted by atomic mass is 9.86. The minimum absolute atomic E-state index is 0.248. The summed E-state index contributed by atoms with van der Waals surface area (Å²) in [6.45, 7) is 0. The first-order valence-electron chi connectivity index (χ1n) is 9.77. The molecule has 0 aromatic heterocycles. The van der Waals surface area contributed by atoms with Crippen LogP contribution in [0.15, 0.2) is 23.1 Å². The quantitative estimate of drug-likeness (QED) is 0.264. The fourth-order valence-corrected chi connectivity index (χ4v) is 4.52. The van der Waals surface area contributed by atoms with E-state index in [1.807, 2.05) is 0 Å². The first-order valence-corrected chi connectivity index (χ1v) is 11.0. The summed E-state index contributed by atoms with van der Waals surface area (Å²) in [7, 11) is 0. The molecule has 2 amide bonds. The molecule has 1 aromatic carbocycles. The number of hydrogen-bond donors (Lipinski definition) is 1. The third-order valence-corrected chi connectivity index (χ3v) is 6.33. The molecule has 7 heteroatoms. The van der Waals surface area contributed by atoms with Crippen molar-refractivity contribution in [3.05, 3.63) is 33.7 Å². The van der Waals surface area contributed by atoms with Crippen molar-refractivity contribution >= 4 is 46.6 Å². The summed E-state index contributed by atoms with van der Waals surface area (Å²) < 4.78 is 5.42. The van der Waals surface area contributed by atoms with Gasteiger partial charge in [-0.05, 0) is 41.8 Å². The van der Waals surface area contributed by atoms with Crippen LogP contribution in [0.1, 0.15) is 63.4 Å². The fraction of sp³-hybridized carbons (Fsp3) is 0.476. The molecule has 0 radical (unpaired) electrons. The molecule has 3 rings (SSSR count). The molecule has 0 unspecified atom stereocenters. The van der Waals surface area contributed by atoms with Crippen LogP contribution in [0.2, 0.25) is 5.02 Å². The summed E-state index contributed by atoms with van der Waals surface area (Å²) in [6, 6.07) is 5.02. The number of halogens is 1. The minimum Gasteiger partial charge on any atom is -0.425 e. The third kappa shape index (κ3) is 5.85. The number of carbonyl (C=O) groups excluding carboxylic acids is 3. The highest BCUT2D eigenvalue weighted by Crippen LogP contribution is 2.33. The van der Waals surface area contributed by atoms with Crippen LogP contribution in [-0.2, 0) is 9.59 Å². The topological polar surface area (TPSA) is 72.5 Å². The average molecular weight is 422 g/mol. The van der Waals surface area contributed by atoms with Crippen LogP contribution in [0, 0.1) is 5.92 Å². The molecule has 28 heavy (non-hydrogen) atoms. The largest absolute Gasteiger partial charge is 0.425 e. The van der Waals surface area contributed by atoms with Crippen molar-refractivity contribution in [2.24, 2.45) is 5.92 Å². The molecule has 1 saturated carbocycles. The smallest absolute Gasteiger partial charge is 0.311 e. The van der Waals surface area contributed by atoms with Gasteiger partial charge in [-0.15, -0.1) is 0 Å². The fourth-order valence-electron chi connectivity index (χ4n) is 3.63. The summed E-state index contributed by atoms with van der Waals surface area (Å²) >= 11 is 7.15. The second kappa shape index (κ2) is 10.1. The van der Waals surface area contributed by atoms with E-state index >= 15 is 0 Å². The van der Waals surface area contributed by atoms with E-state index in [1.165, 1.54) is 44.6 Å². The maximum Gasteiger partial charge on any atom is 0.311 e. The zero-order valence-corrected chi connectivity index (χ0v) is 17.2. The lowest BCUT2D eigenvalue weighted by Crippen LogP contribution is -2.17. The molecule has 1 aromatic rings. The average Bonchev–Trinajstić information content (AvgIpc) is 3.00. The molecule has 0 spiro atoms. The summed E-state index contributed by atoms with van der Waals surface area (Å²) in [6.07, 6.45) is 11.6. The number of amides is 2. The van der Waals surface area contributed by atoms with Crippen molar-refractivity contribution in [3.8, 4) is 5.75 Å². The second-order valence-electron chi connectivity index (χ2n) is 7.24. The molecule has 150 valence electrons. The molecule has 5 nitrogen and oxygen atoms in total. The summed E-state index contributed by atoms with van der Waals surface area (Å²) in [4.78, 5) is 35.4.